The predicted octanol–water partition coefficient (Wildman–Crippen LogP) is 1.86. The summed E-state index contributed by atoms with van der Waals surface area (Å²) in [4.78, 5) is 0. The molecule has 0 fully saturated rings. The molecule has 1 N–H and O–H groups in total. The van der Waals surface area contributed by atoms with E-state index < -0.39 is 6.10 Å². The number of aryl methyl sites for hydroxylation is 2. The van der Waals surface area contributed by atoms with Gasteiger partial charge < -0.3 is 5.11 Å². The molecule has 0 bridgehead atoms. The summed E-state index contributed by atoms with van der Waals surface area (Å²) in [5.74, 6) is 0. The maximum Gasteiger partial charge on any atom is 0.124 e. The van der Waals surface area contributed by atoms with E-state index >= 15 is 0 Å². The number of hydrogen-bond acceptors (Lipinski definition) is 3. The van der Waals surface area contributed by atoms with Crippen LogP contribution in [0.1, 0.15) is 22.9 Å². The molecule has 5 heteroatoms. The van der Waals surface area contributed by atoms with E-state index in [2.05, 4.69) is 10.3 Å². The first-order chi connectivity index (χ1) is 7.59. The van der Waals surface area contributed by atoms with Gasteiger partial charge in [-0.2, -0.15) is 0 Å². The second-order valence-electron chi connectivity index (χ2n) is 3.71. The van der Waals surface area contributed by atoms with Crippen LogP contribution in [0, 0.1) is 6.92 Å². The lowest BCUT2D eigenvalue weighted by atomic mass is 10.1. The van der Waals surface area contributed by atoms with E-state index in [-0.39, 0.29) is 0 Å². The van der Waals surface area contributed by atoms with Crippen LogP contribution in [-0.2, 0) is 7.05 Å². The fourth-order valence-corrected chi connectivity index (χ4v) is 1.90. The van der Waals surface area contributed by atoms with Crippen LogP contribution in [0.15, 0.2) is 24.4 Å². The molecular weight excluding hydrogens is 226 g/mol. The molecule has 2 aromatic rings. The molecule has 0 radical (unpaired) electrons. The molecule has 0 aliphatic heterocycles. The average Bonchev–Trinajstić information content (AvgIpc) is 2.63. The predicted molar refractivity (Wildman–Crippen MR) is 61.3 cm³/mol. The second kappa shape index (κ2) is 4.23. The van der Waals surface area contributed by atoms with Crippen molar-refractivity contribution in [1.82, 2.24) is 15.0 Å². The maximum absolute atomic E-state index is 10.1. The summed E-state index contributed by atoms with van der Waals surface area (Å²) in [5.41, 5.74) is 2.34. The Morgan fingerprint density at radius 2 is 2.19 bits per heavy atom. The van der Waals surface area contributed by atoms with E-state index in [0.717, 1.165) is 5.56 Å². The first-order valence-electron chi connectivity index (χ1n) is 4.88. The molecule has 16 heavy (non-hydrogen) atoms. The van der Waals surface area contributed by atoms with Crippen LogP contribution in [0.2, 0.25) is 5.02 Å². The van der Waals surface area contributed by atoms with Gasteiger partial charge in [-0.15, -0.1) is 5.10 Å². The van der Waals surface area contributed by atoms with Gasteiger partial charge in [0.25, 0.3) is 0 Å². The summed E-state index contributed by atoms with van der Waals surface area (Å²) in [7, 11) is 1.73. The Hall–Kier alpha value is -1.39. The molecular formula is C11H12ClN3O. The average molecular weight is 238 g/mol. The first kappa shape index (κ1) is 11.1. The van der Waals surface area contributed by atoms with Crippen molar-refractivity contribution in [2.45, 2.75) is 13.0 Å². The Morgan fingerprint density at radius 1 is 1.44 bits per heavy atom. The fraction of sp³-hybridized carbons (Fsp3) is 0.273. The van der Waals surface area contributed by atoms with Crippen molar-refractivity contribution < 1.29 is 5.11 Å². The molecule has 0 saturated carbocycles. The standard InChI is InChI=1S/C11H12ClN3O/c1-7-3-4-8(9(12)5-7)11(16)10-6-13-14-15(10)2/h3-6,11,16H,1-2H3. The first-order valence-corrected chi connectivity index (χ1v) is 5.26. The molecule has 1 atom stereocenters. The largest absolute Gasteiger partial charge is 0.382 e. The van der Waals surface area contributed by atoms with E-state index in [4.69, 9.17) is 11.6 Å². The van der Waals surface area contributed by atoms with E-state index in [1.165, 1.54) is 10.9 Å². The van der Waals surface area contributed by atoms with Crippen molar-refractivity contribution in [2.75, 3.05) is 0 Å². The summed E-state index contributed by atoms with van der Waals surface area (Å²) in [5, 5.41) is 18.2. The molecule has 0 spiro atoms. The Labute approximate surface area is 98.5 Å². The molecule has 0 aliphatic carbocycles. The van der Waals surface area contributed by atoms with Crippen LogP contribution < -0.4 is 0 Å². The molecule has 0 aliphatic rings. The minimum atomic E-state index is -0.798. The highest BCUT2D eigenvalue weighted by Crippen LogP contribution is 2.28. The zero-order valence-corrected chi connectivity index (χ0v) is 9.81. The van der Waals surface area contributed by atoms with Crippen molar-refractivity contribution in [3.05, 3.63) is 46.2 Å². The number of aromatic nitrogens is 3. The van der Waals surface area contributed by atoms with Crippen LogP contribution in [0.3, 0.4) is 0 Å². The molecule has 0 saturated heterocycles. The van der Waals surface area contributed by atoms with Gasteiger partial charge in [-0.25, -0.2) is 4.68 Å². The smallest absolute Gasteiger partial charge is 0.124 e. The van der Waals surface area contributed by atoms with Crippen molar-refractivity contribution in [1.29, 1.82) is 0 Å². The summed E-state index contributed by atoms with van der Waals surface area (Å²) < 4.78 is 1.53. The Kier molecular flexibility index (Phi) is 2.94. The number of aliphatic hydroxyl groups is 1. The highest BCUT2D eigenvalue weighted by atomic mass is 35.5. The monoisotopic (exact) mass is 237 g/mol. The van der Waals surface area contributed by atoms with Gasteiger partial charge in [0.15, 0.2) is 0 Å². The quantitative estimate of drug-likeness (QED) is 0.868. The molecule has 4 nitrogen and oxygen atoms in total. The van der Waals surface area contributed by atoms with Crippen LogP contribution in [-0.4, -0.2) is 20.1 Å². The third kappa shape index (κ3) is 1.94. The van der Waals surface area contributed by atoms with Gasteiger partial charge in [0.2, 0.25) is 0 Å². The van der Waals surface area contributed by atoms with E-state index in [1.54, 1.807) is 7.05 Å². The zero-order valence-electron chi connectivity index (χ0n) is 9.05. The molecule has 84 valence electrons. The summed E-state index contributed by atoms with van der Waals surface area (Å²) >= 11 is 6.08. The van der Waals surface area contributed by atoms with Crippen molar-refractivity contribution >= 4 is 11.6 Å². The van der Waals surface area contributed by atoms with Gasteiger partial charge in [-0.1, -0.05) is 28.9 Å². The Balaban J connectivity index is 2.41. The zero-order chi connectivity index (χ0) is 11.7. The molecule has 0 amide bonds. The Morgan fingerprint density at radius 3 is 2.75 bits per heavy atom. The minimum Gasteiger partial charge on any atom is -0.382 e. The molecule has 1 heterocycles. The lowest BCUT2D eigenvalue weighted by Gasteiger charge is -2.12. The number of hydrogen-bond donors (Lipinski definition) is 1. The van der Waals surface area contributed by atoms with Crippen molar-refractivity contribution in [2.24, 2.45) is 7.05 Å². The number of benzene rings is 1. The van der Waals surface area contributed by atoms with E-state index in [0.29, 0.717) is 16.3 Å². The molecule has 1 unspecified atom stereocenters. The van der Waals surface area contributed by atoms with Gasteiger partial charge >= 0.3 is 0 Å². The number of rotatable bonds is 2. The van der Waals surface area contributed by atoms with Crippen LogP contribution >= 0.6 is 11.6 Å². The fourth-order valence-electron chi connectivity index (χ4n) is 1.56. The number of aliphatic hydroxyl groups excluding tert-OH is 1. The second-order valence-corrected chi connectivity index (χ2v) is 4.12. The lowest BCUT2D eigenvalue weighted by Crippen LogP contribution is -2.07. The SMILES string of the molecule is Cc1ccc(C(O)c2cnnn2C)c(Cl)c1. The van der Waals surface area contributed by atoms with Crippen molar-refractivity contribution in [3.8, 4) is 0 Å². The summed E-state index contributed by atoms with van der Waals surface area (Å²) in [6.07, 6.45) is 0.731. The maximum atomic E-state index is 10.1. The van der Waals surface area contributed by atoms with Gasteiger partial charge in [0.1, 0.15) is 6.10 Å². The third-order valence-corrected chi connectivity index (χ3v) is 2.81. The topological polar surface area (TPSA) is 50.9 Å². The third-order valence-electron chi connectivity index (χ3n) is 2.48. The summed E-state index contributed by atoms with van der Waals surface area (Å²) in [6.45, 7) is 1.95. The van der Waals surface area contributed by atoms with Gasteiger partial charge in [0.05, 0.1) is 11.9 Å². The van der Waals surface area contributed by atoms with Crippen LogP contribution in [0.5, 0.6) is 0 Å². The lowest BCUT2D eigenvalue weighted by molar-refractivity contribution is 0.210. The van der Waals surface area contributed by atoms with E-state index in [9.17, 15) is 5.11 Å². The molecule has 2 rings (SSSR count). The number of halogens is 1. The molecule has 1 aromatic heterocycles. The normalized spacial score (nSPS) is 12.8. The van der Waals surface area contributed by atoms with Crippen molar-refractivity contribution in [3.63, 3.8) is 0 Å². The van der Waals surface area contributed by atoms with Gasteiger partial charge in [-0.3, -0.25) is 0 Å². The highest BCUT2D eigenvalue weighted by Gasteiger charge is 2.17. The van der Waals surface area contributed by atoms with Gasteiger partial charge in [-0.05, 0) is 18.6 Å². The highest BCUT2D eigenvalue weighted by molar-refractivity contribution is 6.31. The minimum absolute atomic E-state index is 0.550. The Bertz CT molecular complexity index is 510. The van der Waals surface area contributed by atoms with Crippen LogP contribution in [0.4, 0.5) is 0 Å². The number of nitrogens with zero attached hydrogens (tertiary/aromatic N) is 3. The summed E-state index contributed by atoms with van der Waals surface area (Å²) in [6, 6.07) is 5.55. The van der Waals surface area contributed by atoms with Crippen LogP contribution in [0.25, 0.3) is 0 Å². The van der Waals surface area contributed by atoms with Gasteiger partial charge in [0, 0.05) is 17.6 Å². The van der Waals surface area contributed by atoms with E-state index in [1.807, 2.05) is 25.1 Å². The molecule has 1 aromatic carbocycles.